The van der Waals surface area contributed by atoms with Crippen LogP contribution in [0.3, 0.4) is 0 Å². The van der Waals surface area contributed by atoms with Gasteiger partial charge < -0.3 is 15.2 Å². The van der Waals surface area contributed by atoms with Crippen LogP contribution in [0.5, 0.6) is 10.8 Å². The summed E-state index contributed by atoms with van der Waals surface area (Å²) in [6.45, 7) is 3.90. The number of hydrogen-bond donors (Lipinski definition) is 2. The predicted molar refractivity (Wildman–Crippen MR) is 102 cm³/mol. The van der Waals surface area contributed by atoms with Crippen LogP contribution in [0.1, 0.15) is 31.2 Å². The van der Waals surface area contributed by atoms with Crippen LogP contribution >= 0.6 is 11.3 Å². The molecule has 26 heavy (non-hydrogen) atoms. The second-order valence-corrected chi connectivity index (χ2v) is 6.87. The van der Waals surface area contributed by atoms with E-state index in [-0.39, 0.29) is 10.8 Å². The SMILES string of the molecule is Cc1ccc(Oc2sc(C(=O)O)cc2NC(=O)c2ccc(C)cc2)cc1. The standard InChI is InChI=1S/C20H17NO4S/c1-12-3-7-14(8-4-12)18(22)21-16-11-17(19(23)24)26-20(16)25-15-9-5-13(2)6-10-15/h3-11H,1-2H3,(H,21,22)(H,23,24). The van der Waals surface area contributed by atoms with Crippen molar-refractivity contribution in [3.8, 4) is 10.8 Å². The number of rotatable bonds is 5. The molecule has 0 aliphatic rings. The van der Waals surface area contributed by atoms with Gasteiger partial charge in [-0.05, 0) is 44.2 Å². The molecular formula is C20H17NO4S. The van der Waals surface area contributed by atoms with E-state index in [9.17, 15) is 14.7 Å². The Morgan fingerprint density at radius 1 is 0.962 bits per heavy atom. The Hall–Kier alpha value is -3.12. The maximum Gasteiger partial charge on any atom is 0.346 e. The summed E-state index contributed by atoms with van der Waals surface area (Å²) in [6, 6.07) is 15.9. The van der Waals surface area contributed by atoms with Crippen LogP contribution < -0.4 is 10.1 Å². The minimum atomic E-state index is -1.07. The summed E-state index contributed by atoms with van der Waals surface area (Å²) in [7, 11) is 0. The number of thiophene rings is 1. The van der Waals surface area contributed by atoms with Crippen LogP contribution in [-0.2, 0) is 0 Å². The molecular weight excluding hydrogens is 350 g/mol. The summed E-state index contributed by atoms with van der Waals surface area (Å²) in [4.78, 5) is 23.8. The fraction of sp³-hybridized carbons (Fsp3) is 0.100. The molecule has 1 heterocycles. The molecule has 0 saturated carbocycles. The lowest BCUT2D eigenvalue weighted by Gasteiger charge is -2.08. The molecule has 6 heteroatoms. The Morgan fingerprint density at radius 3 is 2.12 bits per heavy atom. The minimum absolute atomic E-state index is 0.0892. The highest BCUT2D eigenvalue weighted by Crippen LogP contribution is 2.38. The lowest BCUT2D eigenvalue weighted by molar-refractivity contribution is 0.0702. The molecule has 0 aliphatic heterocycles. The van der Waals surface area contributed by atoms with Gasteiger partial charge in [-0.1, -0.05) is 46.7 Å². The average Bonchev–Trinajstić information content (AvgIpc) is 3.00. The topological polar surface area (TPSA) is 75.6 Å². The summed E-state index contributed by atoms with van der Waals surface area (Å²) in [5.74, 6) is -0.826. The second-order valence-electron chi connectivity index (χ2n) is 5.85. The molecule has 3 rings (SSSR count). The first-order valence-electron chi connectivity index (χ1n) is 7.92. The molecule has 0 spiro atoms. The Morgan fingerprint density at radius 2 is 1.54 bits per heavy atom. The van der Waals surface area contributed by atoms with E-state index in [0.29, 0.717) is 22.1 Å². The third kappa shape index (κ3) is 4.10. The first-order valence-corrected chi connectivity index (χ1v) is 8.73. The fourth-order valence-corrected chi connectivity index (χ4v) is 3.08. The number of anilines is 1. The Kier molecular flexibility index (Phi) is 5.04. The van der Waals surface area contributed by atoms with Gasteiger partial charge in [0.2, 0.25) is 5.06 Å². The van der Waals surface area contributed by atoms with Crippen molar-refractivity contribution in [3.05, 3.63) is 76.2 Å². The lowest BCUT2D eigenvalue weighted by Crippen LogP contribution is -2.11. The van der Waals surface area contributed by atoms with E-state index in [0.717, 1.165) is 22.5 Å². The van der Waals surface area contributed by atoms with Crippen LogP contribution in [-0.4, -0.2) is 17.0 Å². The minimum Gasteiger partial charge on any atom is -0.477 e. The van der Waals surface area contributed by atoms with Gasteiger partial charge in [0.1, 0.15) is 10.6 Å². The largest absolute Gasteiger partial charge is 0.477 e. The number of nitrogens with one attached hydrogen (secondary N) is 1. The number of carboxylic acids is 1. The van der Waals surface area contributed by atoms with Crippen molar-refractivity contribution in [1.82, 2.24) is 0 Å². The van der Waals surface area contributed by atoms with Crippen molar-refractivity contribution >= 4 is 28.9 Å². The normalized spacial score (nSPS) is 10.4. The van der Waals surface area contributed by atoms with Gasteiger partial charge in [0.15, 0.2) is 0 Å². The molecule has 2 aromatic carbocycles. The zero-order valence-corrected chi connectivity index (χ0v) is 15.1. The maximum absolute atomic E-state index is 12.4. The first kappa shape index (κ1) is 17.7. The quantitative estimate of drug-likeness (QED) is 0.657. The number of amides is 1. The molecule has 3 aromatic rings. The third-order valence-corrected chi connectivity index (χ3v) is 4.70. The molecule has 0 radical (unpaired) electrons. The molecule has 0 saturated heterocycles. The van der Waals surface area contributed by atoms with Crippen molar-refractivity contribution < 1.29 is 19.4 Å². The molecule has 1 aromatic heterocycles. The maximum atomic E-state index is 12.4. The number of ether oxygens (including phenoxy) is 1. The molecule has 132 valence electrons. The van der Waals surface area contributed by atoms with E-state index in [1.807, 2.05) is 38.1 Å². The van der Waals surface area contributed by atoms with E-state index in [1.54, 1.807) is 24.3 Å². The highest BCUT2D eigenvalue weighted by molar-refractivity contribution is 7.16. The number of aromatic carboxylic acids is 1. The van der Waals surface area contributed by atoms with Crippen LogP contribution in [0.2, 0.25) is 0 Å². The number of carbonyl (C=O) groups is 2. The van der Waals surface area contributed by atoms with Crippen molar-refractivity contribution in [2.45, 2.75) is 13.8 Å². The van der Waals surface area contributed by atoms with Gasteiger partial charge in [-0.25, -0.2) is 4.79 Å². The van der Waals surface area contributed by atoms with E-state index in [1.165, 1.54) is 6.07 Å². The third-order valence-electron chi connectivity index (χ3n) is 3.70. The van der Waals surface area contributed by atoms with Crippen molar-refractivity contribution in [2.75, 3.05) is 5.32 Å². The van der Waals surface area contributed by atoms with Crippen LogP contribution in [0.4, 0.5) is 5.69 Å². The van der Waals surface area contributed by atoms with Gasteiger partial charge in [-0.3, -0.25) is 4.79 Å². The summed E-state index contributed by atoms with van der Waals surface area (Å²) < 4.78 is 5.79. The number of carboxylic acid groups (broad SMARTS) is 1. The summed E-state index contributed by atoms with van der Waals surface area (Å²) in [5, 5.41) is 12.3. The molecule has 0 unspecified atom stereocenters. The van der Waals surface area contributed by atoms with E-state index < -0.39 is 5.97 Å². The Bertz CT molecular complexity index is 943. The average molecular weight is 367 g/mol. The van der Waals surface area contributed by atoms with Gasteiger partial charge in [0, 0.05) is 5.56 Å². The van der Waals surface area contributed by atoms with Gasteiger partial charge in [0.05, 0.1) is 5.69 Å². The van der Waals surface area contributed by atoms with Gasteiger partial charge in [-0.2, -0.15) is 0 Å². The van der Waals surface area contributed by atoms with Gasteiger partial charge in [0.25, 0.3) is 5.91 Å². The predicted octanol–water partition coefficient (Wildman–Crippen LogP) is 5.11. The molecule has 0 aliphatic carbocycles. The summed E-state index contributed by atoms with van der Waals surface area (Å²) >= 11 is 0.970. The lowest BCUT2D eigenvalue weighted by atomic mass is 10.1. The summed E-state index contributed by atoms with van der Waals surface area (Å²) in [5.41, 5.74) is 2.95. The fourth-order valence-electron chi connectivity index (χ4n) is 2.26. The van der Waals surface area contributed by atoms with Crippen molar-refractivity contribution in [2.24, 2.45) is 0 Å². The highest BCUT2D eigenvalue weighted by Gasteiger charge is 2.18. The van der Waals surface area contributed by atoms with Crippen molar-refractivity contribution in [1.29, 1.82) is 0 Å². The molecule has 0 atom stereocenters. The van der Waals surface area contributed by atoms with Gasteiger partial charge in [-0.15, -0.1) is 0 Å². The number of benzene rings is 2. The van der Waals surface area contributed by atoms with Crippen LogP contribution in [0, 0.1) is 13.8 Å². The molecule has 0 bridgehead atoms. The summed E-state index contributed by atoms with van der Waals surface area (Å²) in [6.07, 6.45) is 0. The number of aryl methyl sites for hydroxylation is 2. The number of hydrogen-bond acceptors (Lipinski definition) is 4. The monoisotopic (exact) mass is 367 g/mol. The Balaban J connectivity index is 1.87. The zero-order chi connectivity index (χ0) is 18.7. The molecule has 0 fully saturated rings. The van der Waals surface area contributed by atoms with E-state index in [2.05, 4.69) is 5.32 Å². The van der Waals surface area contributed by atoms with Gasteiger partial charge >= 0.3 is 5.97 Å². The molecule has 5 nitrogen and oxygen atoms in total. The Labute approximate surface area is 154 Å². The van der Waals surface area contributed by atoms with Crippen molar-refractivity contribution in [3.63, 3.8) is 0 Å². The molecule has 2 N–H and O–H groups in total. The molecule has 1 amide bonds. The van der Waals surface area contributed by atoms with Crippen LogP contribution in [0.15, 0.2) is 54.6 Å². The smallest absolute Gasteiger partial charge is 0.346 e. The van der Waals surface area contributed by atoms with Crippen LogP contribution in [0.25, 0.3) is 0 Å². The second kappa shape index (κ2) is 7.41. The number of carbonyl (C=O) groups excluding carboxylic acids is 1. The first-order chi connectivity index (χ1) is 12.4. The van der Waals surface area contributed by atoms with E-state index in [4.69, 9.17) is 4.74 Å². The zero-order valence-electron chi connectivity index (χ0n) is 14.3. The highest BCUT2D eigenvalue weighted by atomic mass is 32.1. The van der Waals surface area contributed by atoms with E-state index >= 15 is 0 Å².